The minimum absolute atomic E-state index is 0.0291. The third kappa shape index (κ3) is 3.95. The standard InChI is InChI=1S/C13H23NO2/c1-9(2)11-6-4-5-7-12(11)14-13(16)8-10(3)15/h9,11-12H,4-8H2,1-3H3,(H,14,16). The van der Waals surface area contributed by atoms with Crippen LogP contribution >= 0.6 is 0 Å². The second-order valence-electron chi connectivity index (χ2n) is 5.25. The average molecular weight is 225 g/mol. The molecular weight excluding hydrogens is 202 g/mol. The van der Waals surface area contributed by atoms with Gasteiger partial charge in [0.1, 0.15) is 5.78 Å². The summed E-state index contributed by atoms with van der Waals surface area (Å²) < 4.78 is 0. The van der Waals surface area contributed by atoms with Crippen molar-refractivity contribution < 1.29 is 9.59 Å². The highest BCUT2D eigenvalue weighted by atomic mass is 16.2. The van der Waals surface area contributed by atoms with E-state index in [1.165, 1.54) is 26.2 Å². The Kier molecular flexibility index (Phi) is 4.97. The van der Waals surface area contributed by atoms with Crippen molar-refractivity contribution in [3.63, 3.8) is 0 Å². The molecule has 0 radical (unpaired) electrons. The zero-order chi connectivity index (χ0) is 12.1. The molecule has 0 heterocycles. The summed E-state index contributed by atoms with van der Waals surface area (Å²) in [5, 5.41) is 3.02. The Hall–Kier alpha value is -0.860. The van der Waals surface area contributed by atoms with Gasteiger partial charge >= 0.3 is 0 Å². The molecule has 1 aliphatic carbocycles. The Morgan fingerprint density at radius 3 is 2.44 bits per heavy atom. The van der Waals surface area contributed by atoms with Gasteiger partial charge in [-0.05, 0) is 31.6 Å². The topological polar surface area (TPSA) is 46.2 Å². The normalized spacial score (nSPS) is 25.5. The molecule has 1 saturated carbocycles. The van der Waals surface area contributed by atoms with Gasteiger partial charge in [-0.3, -0.25) is 9.59 Å². The van der Waals surface area contributed by atoms with Crippen LogP contribution in [0.3, 0.4) is 0 Å². The smallest absolute Gasteiger partial charge is 0.227 e. The third-order valence-electron chi connectivity index (χ3n) is 3.43. The van der Waals surface area contributed by atoms with E-state index in [9.17, 15) is 9.59 Å². The quantitative estimate of drug-likeness (QED) is 0.746. The van der Waals surface area contributed by atoms with E-state index in [2.05, 4.69) is 19.2 Å². The van der Waals surface area contributed by atoms with Gasteiger partial charge in [0.2, 0.25) is 5.91 Å². The molecule has 0 aromatic rings. The second kappa shape index (κ2) is 6.02. The summed E-state index contributed by atoms with van der Waals surface area (Å²) in [7, 11) is 0. The summed E-state index contributed by atoms with van der Waals surface area (Å²) in [6.07, 6.45) is 4.74. The van der Waals surface area contributed by atoms with E-state index >= 15 is 0 Å². The van der Waals surface area contributed by atoms with Gasteiger partial charge in [0.25, 0.3) is 0 Å². The zero-order valence-electron chi connectivity index (χ0n) is 10.6. The number of Topliss-reactive ketones (excluding diaryl/α,β-unsaturated/α-hetero) is 1. The molecular formula is C13H23NO2. The summed E-state index contributed by atoms with van der Waals surface area (Å²) in [5.41, 5.74) is 0. The Morgan fingerprint density at radius 1 is 1.25 bits per heavy atom. The lowest BCUT2D eigenvalue weighted by molar-refractivity contribution is -0.128. The van der Waals surface area contributed by atoms with Crippen molar-refractivity contribution in [2.45, 2.75) is 58.9 Å². The first-order valence-corrected chi connectivity index (χ1v) is 6.29. The number of amides is 1. The van der Waals surface area contributed by atoms with Crippen LogP contribution in [0.2, 0.25) is 0 Å². The molecule has 0 spiro atoms. The fraction of sp³-hybridized carbons (Fsp3) is 0.846. The van der Waals surface area contributed by atoms with Gasteiger partial charge in [0.05, 0.1) is 6.42 Å². The van der Waals surface area contributed by atoms with Gasteiger partial charge in [-0.1, -0.05) is 26.7 Å². The van der Waals surface area contributed by atoms with Gasteiger partial charge in [0, 0.05) is 6.04 Å². The van der Waals surface area contributed by atoms with Crippen molar-refractivity contribution in [1.29, 1.82) is 0 Å². The zero-order valence-corrected chi connectivity index (χ0v) is 10.6. The number of ketones is 1. The molecule has 16 heavy (non-hydrogen) atoms. The number of carbonyl (C=O) groups is 2. The summed E-state index contributed by atoms with van der Waals surface area (Å²) in [6.45, 7) is 5.88. The molecule has 1 amide bonds. The summed E-state index contributed by atoms with van der Waals surface area (Å²) in [5.74, 6) is 1.01. The van der Waals surface area contributed by atoms with E-state index in [4.69, 9.17) is 0 Å². The number of hydrogen-bond donors (Lipinski definition) is 1. The molecule has 0 aliphatic heterocycles. The largest absolute Gasteiger partial charge is 0.353 e. The minimum atomic E-state index is -0.106. The number of nitrogens with one attached hydrogen (secondary N) is 1. The molecule has 1 fully saturated rings. The molecule has 3 heteroatoms. The predicted molar refractivity (Wildman–Crippen MR) is 64.0 cm³/mol. The first kappa shape index (κ1) is 13.2. The van der Waals surface area contributed by atoms with Crippen LogP contribution < -0.4 is 5.32 Å². The van der Waals surface area contributed by atoms with Crippen molar-refractivity contribution in [3.8, 4) is 0 Å². The number of rotatable bonds is 4. The monoisotopic (exact) mass is 225 g/mol. The molecule has 0 aromatic heterocycles. The highest BCUT2D eigenvalue weighted by Gasteiger charge is 2.28. The highest BCUT2D eigenvalue weighted by molar-refractivity contribution is 5.96. The Labute approximate surface area is 98.0 Å². The maximum Gasteiger partial charge on any atom is 0.227 e. The van der Waals surface area contributed by atoms with Crippen molar-refractivity contribution in [2.75, 3.05) is 0 Å². The van der Waals surface area contributed by atoms with Crippen LogP contribution in [0.4, 0.5) is 0 Å². The molecule has 1 rings (SSSR count). The van der Waals surface area contributed by atoms with Crippen LogP contribution in [-0.2, 0) is 9.59 Å². The summed E-state index contributed by atoms with van der Waals surface area (Å²) >= 11 is 0. The first-order valence-electron chi connectivity index (χ1n) is 6.29. The number of hydrogen-bond acceptors (Lipinski definition) is 2. The van der Waals surface area contributed by atoms with Gasteiger partial charge in [0.15, 0.2) is 0 Å². The highest BCUT2D eigenvalue weighted by Crippen LogP contribution is 2.30. The van der Waals surface area contributed by atoms with Crippen LogP contribution in [0.1, 0.15) is 52.9 Å². The van der Waals surface area contributed by atoms with Crippen molar-refractivity contribution in [3.05, 3.63) is 0 Å². The van der Waals surface area contributed by atoms with E-state index in [1.54, 1.807) is 0 Å². The van der Waals surface area contributed by atoms with E-state index in [0.717, 1.165) is 6.42 Å². The van der Waals surface area contributed by atoms with Crippen molar-refractivity contribution in [1.82, 2.24) is 5.32 Å². The van der Waals surface area contributed by atoms with Crippen LogP contribution in [0, 0.1) is 11.8 Å². The van der Waals surface area contributed by atoms with E-state index in [-0.39, 0.29) is 24.2 Å². The third-order valence-corrected chi connectivity index (χ3v) is 3.43. The molecule has 1 aliphatic rings. The molecule has 92 valence electrons. The lowest BCUT2D eigenvalue weighted by Gasteiger charge is -2.34. The summed E-state index contributed by atoms with van der Waals surface area (Å²) in [6, 6.07) is 0.278. The van der Waals surface area contributed by atoms with Crippen molar-refractivity contribution in [2.24, 2.45) is 11.8 Å². The molecule has 1 N–H and O–H groups in total. The van der Waals surface area contributed by atoms with Gasteiger partial charge in [-0.2, -0.15) is 0 Å². The molecule has 0 saturated heterocycles. The lowest BCUT2D eigenvalue weighted by Crippen LogP contribution is -2.44. The fourth-order valence-electron chi connectivity index (χ4n) is 2.62. The molecule has 3 nitrogen and oxygen atoms in total. The van der Waals surface area contributed by atoms with Crippen LogP contribution in [0.15, 0.2) is 0 Å². The Morgan fingerprint density at radius 2 is 1.88 bits per heavy atom. The van der Waals surface area contributed by atoms with Crippen LogP contribution in [0.25, 0.3) is 0 Å². The maximum absolute atomic E-state index is 11.6. The van der Waals surface area contributed by atoms with Crippen LogP contribution in [0.5, 0.6) is 0 Å². The SMILES string of the molecule is CC(=O)CC(=O)NC1CCCCC1C(C)C. The van der Waals surface area contributed by atoms with Crippen LogP contribution in [-0.4, -0.2) is 17.7 Å². The second-order valence-corrected chi connectivity index (χ2v) is 5.25. The van der Waals surface area contributed by atoms with E-state index in [0.29, 0.717) is 11.8 Å². The van der Waals surface area contributed by atoms with Gasteiger partial charge in [-0.15, -0.1) is 0 Å². The van der Waals surface area contributed by atoms with Gasteiger partial charge in [-0.25, -0.2) is 0 Å². The Balaban J connectivity index is 2.49. The fourth-order valence-corrected chi connectivity index (χ4v) is 2.62. The molecule has 0 bridgehead atoms. The maximum atomic E-state index is 11.6. The van der Waals surface area contributed by atoms with E-state index < -0.39 is 0 Å². The minimum Gasteiger partial charge on any atom is -0.353 e. The first-order chi connectivity index (χ1) is 7.50. The predicted octanol–water partition coefficient (Wildman–Crippen LogP) is 2.30. The average Bonchev–Trinajstić information content (AvgIpc) is 2.16. The molecule has 2 atom stereocenters. The van der Waals surface area contributed by atoms with Crippen molar-refractivity contribution >= 4 is 11.7 Å². The summed E-state index contributed by atoms with van der Waals surface area (Å²) in [4.78, 5) is 22.4. The molecule has 2 unspecified atom stereocenters. The number of carbonyl (C=O) groups excluding carboxylic acids is 2. The Bertz CT molecular complexity index is 261. The van der Waals surface area contributed by atoms with Gasteiger partial charge < -0.3 is 5.32 Å². The van der Waals surface area contributed by atoms with E-state index in [1.807, 2.05) is 0 Å². The molecule has 0 aromatic carbocycles. The lowest BCUT2D eigenvalue weighted by atomic mass is 9.78.